The number of aromatic nitrogens is 3. The summed E-state index contributed by atoms with van der Waals surface area (Å²) >= 11 is 0. The molecule has 4 rings (SSSR count). The number of hydrogen-bond acceptors (Lipinski definition) is 5. The van der Waals surface area contributed by atoms with E-state index < -0.39 is 5.97 Å². The third-order valence-corrected chi connectivity index (χ3v) is 4.46. The highest BCUT2D eigenvalue weighted by atomic mass is 16.5. The molecule has 7 nitrogen and oxygen atoms in total. The predicted molar refractivity (Wildman–Crippen MR) is 104 cm³/mol. The van der Waals surface area contributed by atoms with Gasteiger partial charge in [0.05, 0.1) is 17.1 Å². The lowest BCUT2D eigenvalue weighted by Crippen LogP contribution is -2.09. The van der Waals surface area contributed by atoms with Gasteiger partial charge in [-0.1, -0.05) is 36.4 Å². The summed E-state index contributed by atoms with van der Waals surface area (Å²) < 4.78 is 13.2. The Balaban J connectivity index is 1.54. The fourth-order valence-electron chi connectivity index (χ4n) is 3.04. The van der Waals surface area contributed by atoms with Crippen LogP contribution in [0.3, 0.4) is 0 Å². The smallest absolute Gasteiger partial charge is 0.325 e. The van der Waals surface area contributed by atoms with Crippen molar-refractivity contribution in [1.29, 1.82) is 0 Å². The van der Waals surface area contributed by atoms with Crippen molar-refractivity contribution in [2.45, 2.75) is 26.5 Å². The summed E-state index contributed by atoms with van der Waals surface area (Å²) in [6.45, 7) is 1.91. The van der Waals surface area contributed by atoms with Gasteiger partial charge < -0.3 is 14.3 Å². The van der Waals surface area contributed by atoms with E-state index in [9.17, 15) is 4.79 Å². The second-order valence-corrected chi connectivity index (χ2v) is 6.40. The summed E-state index contributed by atoms with van der Waals surface area (Å²) in [7, 11) is 0. The molecule has 1 aliphatic carbocycles. The third-order valence-electron chi connectivity index (χ3n) is 4.46. The molecule has 0 saturated heterocycles. The number of allylic oxidation sites excluding steroid dienone is 6. The molecule has 28 heavy (non-hydrogen) atoms. The summed E-state index contributed by atoms with van der Waals surface area (Å²) in [5, 5.41) is 13.9. The number of aliphatic carboxylic acids is 1. The topological polar surface area (TPSA) is 90.4 Å². The van der Waals surface area contributed by atoms with Crippen LogP contribution in [0.5, 0.6) is 5.75 Å². The SMILES string of the molecule is Cc1oc(C2=CC=CC=CC2)nc1COc1cccc2c1cnn2CC(=O)O. The van der Waals surface area contributed by atoms with E-state index in [4.69, 9.17) is 14.3 Å². The van der Waals surface area contributed by atoms with E-state index >= 15 is 0 Å². The van der Waals surface area contributed by atoms with E-state index in [2.05, 4.69) is 16.2 Å². The quantitative estimate of drug-likeness (QED) is 0.701. The molecule has 3 aromatic rings. The Morgan fingerprint density at radius 1 is 1.32 bits per heavy atom. The van der Waals surface area contributed by atoms with Gasteiger partial charge in [0, 0.05) is 5.57 Å². The van der Waals surface area contributed by atoms with Crippen LogP contribution < -0.4 is 4.74 Å². The first-order valence-electron chi connectivity index (χ1n) is 8.90. The van der Waals surface area contributed by atoms with Gasteiger partial charge in [-0.2, -0.15) is 5.10 Å². The summed E-state index contributed by atoms with van der Waals surface area (Å²) in [5.41, 5.74) is 2.44. The second-order valence-electron chi connectivity index (χ2n) is 6.40. The van der Waals surface area contributed by atoms with Gasteiger partial charge in [0.15, 0.2) is 0 Å². The van der Waals surface area contributed by atoms with Gasteiger partial charge in [0.25, 0.3) is 0 Å². The Morgan fingerprint density at radius 3 is 3.07 bits per heavy atom. The Bertz CT molecular complexity index is 1120. The molecule has 0 saturated carbocycles. The first-order valence-corrected chi connectivity index (χ1v) is 8.90. The van der Waals surface area contributed by atoms with Gasteiger partial charge >= 0.3 is 5.97 Å². The zero-order chi connectivity index (χ0) is 19.5. The number of ether oxygens (including phenoxy) is 1. The molecule has 0 bridgehead atoms. The van der Waals surface area contributed by atoms with E-state index in [0.29, 0.717) is 22.9 Å². The molecule has 0 aliphatic heterocycles. The maximum absolute atomic E-state index is 11.0. The highest BCUT2D eigenvalue weighted by Gasteiger charge is 2.15. The molecule has 2 heterocycles. The second kappa shape index (κ2) is 7.56. The number of carboxylic acid groups (broad SMARTS) is 1. The number of carboxylic acids is 1. The van der Waals surface area contributed by atoms with E-state index in [1.165, 1.54) is 4.68 Å². The molecule has 0 spiro atoms. The summed E-state index contributed by atoms with van der Waals surface area (Å²) in [5.74, 6) is 0.985. The lowest BCUT2D eigenvalue weighted by molar-refractivity contribution is -0.137. The molecule has 0 unspecified atom stereocenters. The number of hydrogen-bond donors (Lipinski definition) is 1. The zero-order valence-corrected chi connectivity index (χ0v) is 15.3. The molecule has 0 atom stereocenters. The molecule has 0 amide bonds. The van der Waals surface area contributed by atoms with Crippen LogP contribution in [0.4, 0.5) is 0 Å². The van der Waals surface area contributed by atoms with Crippen LogP contribution >= 0.6 is 0 Å². The van der Waals surface area contributed by atoms with Crippen LogP contribution in [0.25, 0.3) is 16.5 Å². The molecule has 142 valence electrons. The fraction of sp³-hybridized carbons (Fsp3) is 0.190. The number of aryl methyl sites for hydroxylation is 1. The van der Waals surface area contributed by atoms with Gasteiger partial charge in [-0.15, -0.1) is 0 Å². The van der Waals surface area contributed by atoms with Crippen molar-refractivity contribution in [3.63, 3.8) is 0 Å². The third kappa shape index (κ3) is 3.59. The van der Waals surface area contributed by atoms with Gasteiger partial charge in [0.1, 0.15) is 30.4 Å². The zero-order valence-electron chi connectivity index (χ0n) is 15.3. The Labute approximate surface area is 161 Å². The van der Waals surface area contributed by atoms with E-state index in [0.717, 1.165) is 23.1 Å². The number of carbonyl (C=O) groups is 1. The first kappa shape index (κ1) is 17.8. The van der Waals surface area contributed by atoms with Gasteiger partial charge in [0.2, 0.25) is 5.89 Å². The molecular formula is C21H19N3O4. The van der Waals surface area contributed by atoms with Crippen molar-refractivity contribution < 1.29 is 19.1 Å². The van der Waals surface area contributed by atoms with Crippen LogP contribution in [0.1, 0.15) is 23.8 Å². The molecule has 7 heteroatoms. The van der Waals surface area contributed by atoms with Crippen molar-refractivity contribution in [3.05, 3.63) is 72.1 Å². The minimum Gasteiger partial charge on any atom is -0.486 e. The summed E-state index contributed by atoms with van der Waals surface area (Å²) in [6, 6.07) is 5.46. The lowest BCUT2D eigenvalue weighted by Gasteiger charge is -2.06. The molecule has 1 aromatic carbocycles. The molecular weight excluding hydrogens is 358 g/mol. The number of nitrogens with zero attached hydrogens (tertiary/aromatic N) is 3. The number of fused-ring (bicyclic) bond motifs is 1. The van der Waals surface area contributed by atoms with Crippen molar-refractivity contribution in [2.75, 3.05) is 0 Å². The number of oxazole rings is 1. The van der Waals surface area contributed by atoms with Crippen LogP contribution in [0.2, 0.25) is 0 Å². The Kier molecular flexibility index (Phi) is 4.80. The van der Waals surface area contributed by atoms with Gasteiger partial charge in [-0.05, 0) is 25.5 Å². The lowest BCUT2D eigenvalue weighted by atomic mass is 10.2. The van der Waals surface area contributed by atoms with Crippen LogP contribution in [0.15, 0.2) is 59.2 Å². The molecule has 2 aromatic heterocycles. The Morgan fingerprint density at radius 2 is 2.21 bits per heavy atom. The van der Waals surface area contributed by atoms with E-state index in [-0.39, 0.29) is 13.2 Å². The largest absolute Gasteiger partial charge is 0.486 e. The number of rotatable bonds is 6. The average molecular weight is 377 g/mol. The maximum atomic E-state index is 11.0. The summed E-state index contributed by atoms with van der Waals surface area (Å²) in [6.07, 6.45) is 12.4. The predicted octanol–water partition coefficient (Wildman–Crippen LogP) is 3.90. The first-order chi connectivity index (χ1) is 13.6. The normalized spacial score (nSPS) is 13.5. The van der Waals surface area contributed by atoms with Crippen LogP contribution in [-0.4, -0.2) is 25.8 Å². The maximum Gasteiger partial charge on any atom is 0.325 e. The minimum atomic E-state index is -0.945. The van der Waals surface area contributed by atoms with Crippen molar-refractivity contribution >= 4 is 22.4 Å². The fourth-order valence-corrected chi connectivity index (χ4v) is 3.04. The summed E-state index contributed by atoms with van der Waals surface area (Å²) in [4.78, 5) is 15.6. The minimum absolute atomic E-state index is 0.198. The highest BCUT2D eigenvalue weighted by molar-refractivity contribution is 5.86. The Hall–Kier alpha value is -3.61. The van der Waals surface area contributed by atoms with Crippen molar-refractivity contribution in [3.8, 4) is 5.75 Å². The molecule has 0 fully saturated rings. The van der Waals surface area contributed by atoms with E-state index in [1.807, 2.05) is 49.4 Å². The number of benzene rings is 1. The molecule has 1 aliphatic rings. The van der Waals surface area contributed by atoms with Crippen LogP contribution in [-0.2, 0) is 17.9 Å². The van der Waals surface area contributed by atoms with Crippen molar-refractivity contribution in [1.82, 2.24) is 14.8 Å². The van der Waals surface area contributed by atoms with Gasteiger partial charge in [-0.3, -0.25) is 9.48 Å². The molecule has 0 radical (unpaired) electrons. The van der Waals surface area contributed by atoms with Crippen molar-refractivity contribution in [2.24, 2.45) is 0 Å². The van der Waals surface area contributed by atoms with Crippen LogP contribution in [0, 0.1) is 6.92 Å². The highest BCUT2D eigenvalue weighted by Crippen LogP contribution is 2.27. The van der Waals surface area contributed by atoms with Gasteiger partial charge in [-0.25, -0.2) is 4.98 Å². The van der Waals surface area contributed by atoms with E-state index in [1.54, 1.807) is 6.20 Å². The average Bonchev–Trinajstić information content (AvgIpc) is 3.12. The molecule has 1 N–H and O–H groups in total. The standard InChI is InChI=1S/C21H19N3O4/c1-14-17(23-21(28-14)15-7-4-2-3-5-8-15)13-27-19-10-6-9-18-16(19)11-22-24(18)12-20(25)26/h2-7,9-11H,8,12-13H2,1H3,(H,25,26). The monoisotopic (exact) mass is 377 g/mol.